The zero-order chi connectivity index (χ0) is 8.55. The number of nitrogens with zero attached hydrogens (tertiary/aromatic N) is 2. The van der Waals surface area contributed by atoms with Crippen molar-refractivity contribution in [3.63, 3.8) is 0 Å². The van der Waals surface area contributed by atoms with Gasteiger partial charge in [0.1, 0.15) is 0 Å². The van der Waals surface area contributed by atoms with E-state index in [2.05, 4.69) is 25.9 Å². The molecule has 0 aliphatic rings. The maximum atomic E-state index is 7.26. The Labute approximate surface area is 73.8 Å². The second-order valence-electron chi connectivity index (χ2n) is 2.13. The first kappa shape index (κ1) is 5.66. The molecule has 0 unspecified atom stereocenters. The van der Waals surface area contributed by atoms with Crippen molar-refractivity contribution in [3.8, 4) is 0 Å². The van der Waals surface area contributed by atoms with Crippen molar-refractivity contribution in [2.75, 3.05) is 0 Å². The molecule has 2 nitrogen and oxygen atoms in total. The fraction of sp³-hybridized carbons (Fsp3) is 0. The molecule has 1 aromatic carbocycles. The monoisotopic (exact) mass is 209 g/mol. The summed E-state index contributed by atoms with van der Waals surface area (Å²) in [6.07, 6.45) is 1.64. The van der Waals surface area contributed by atoms with Crippen LogP contribution in [0, 0.1) is 0 Å². The number of aromatic nitrogens is 2. The van der Waals surface area contributed by atoms with E-state index in [1.165, 1.54) is 6.20 Å². The predicted molar refractivity (Wildman–Crippen MR) is 47.2 cm³/mol. The molecule has 11 heavy (non-hydrogen) atoms. The van der Waals surface area contributed by atoms with Crippen molar-refractivity contribution < 1.29 is 1.37 Å². The Hall–Kier alpha value is -0.960. The Morgan fingerprint density at radius 1 is 1.27 bits per heavy atom. The van der Waals surface area contributed by atoms with Gasteiger partial charge in [0.25, 0.3) is 0 Å². The van der Waals surface area contributed by atoms with Crippen molar-refractivity contribution in [3.05, 3.63) is 35.0 Å². The smallest absolute Gasteiger partial charge is 0.0898 e. The Morgan fingerprint density at radius 2 is 2.18 bits per heavy atom. The standard InChI is InChI=1S/C8H5BrN2/c9-6-1-2-7-8(5-6)11-4-3-10-7/h1-5H/i4D. The van der Waals surface area contributed by atoms with Crippen LogP contribution < -0.4 is 0 Å². The number of rotatable bonds is 0. The van der Waals surface area contributed by atoms with E-state index in [-0.39, 0.29) is 6.17 Å². The normalized spacial score (nSPS) is 11.5. The average molecular weight is 210 g/mol. The number of hydrogen-bond acceptors (Lipinski definition) is 2. The highest BCUT2D eigenvalue weighted by molar-refractivity contribution is 9.10. The van der Waals surface area contributed by atoms with Gasteiger partial charge in [-0.2, -0.15) is 0 Å². The number of hydrogen-bond donors (Lipinski definition) is 0. The van der Waals surface area contributed by atoms with Crippen LogP contribution in [0.3, 0.4) is 0 Å². The summed E-state index contributed by atoms with van der Waals surface area (Å²) in [6, 6.07) is 5.62. The van der Waals surface area contributed by atoms with E-state index in [0.29, 0.717) is 0 Å². The molecule has 1 aromatic heterocycles. The zero-order valence-corrected chi connectivity index (χ0v) is 7.17. The third kappa shape index (κ3) is 1.24. The van der Waals surface area contributed by atoms with Gasteiger partial charge in [0.05, 0.1) is 12.4 Å². The Kier molecular flexibility index (Phi) is 1.33. The summed E-state index contributed by atoms with van der Waals surface area (Å²) in [6.45, 7) is 0. The molecule has 0 N–H and O–H groups in total. The molecule has 0 bridgehead atoms. The lowest BCUT2D eigenvalue weighted by Gasteiger charge is -1.94. The van der Waals surface area contributed by atoms with Gasteiger partial charge < -0.3 is 0 Å². The van der Waals surface area contributed by atoms with Crippen LogP contribution in [-0.2, 0) is 0 Å². The van der Waals surface area contributed by atoms with E-state index < -0.39 is 0 Å². The SMILES string of the molecule is [2H]c1cnc2ccc(Br)cc2n1. The molecule has 0 amide bonds. The van der Waals surface area contributed by atoms with Gasteiger partial charge in [0.15, 0.2) is 0 Å². The molecule has 2 aromatic rings. The van der Waals surface area contributed by atoms with Gasteiger partial charge in [0, 0.05) is 16.8 Å². The molecule has 1 heterocycles. The molecule has 0 spiro atoms. The number of benzene rings is 1. The van der Waals surface area contributed by atoms with Crippen LogP contribution in [-0.4, -0.2) is 9.97 Å². The quantitative estimate of drug-likeness (QED) is 0.667. The highest BCUT2D eigenvalue weighted by Crippen LogP contribution is 2.14. The number of halogens is 1. The first-order chi connectivity index (χ1) is 5.75. The van der Waals surface area contributed by atoms with Gasteiger partial charge in [0.2, 0.25) is 0 Å². The Bertz CT molecular complexity index is 394. The first-order valence-corrected chi connectivity index (χ1v) is 3.94. The lowest BCUT2D eigenvalue weighted by Crippen LogP contribution is -1.80. The van der Waals surface area contributed by atoms with Gasteiger partial charge in [-0.3, -0.25) is 9.97 Å². The molecule has 0 saturated heterocycles. The molecule has 0 aliphatic carbocycles. The minimum Gasteiger partial charge on any atom is -0.253 e. The average Bonchev–Trinajstić information content (AvgIpc) is 2.03. The molecule has 0 atom stereocenters. The van der Waals surface area contributed by atoms with Crippen LogP contribution in [0.15, 0.2) is 35.0 Å². The van der Waals surface area contributed by atoms with E-state index in [9.17, 15) is 0 Å². The zero-order valence-electron chi connectivity index (χ0n) is 6.58. The third-order valence-electron chi connectivity index (χ3n) is 1.38. The minimum absolute atomic E-state index is 0.195. The summed E-state index contributed by atoms with van der Waals surface area (Å²) in [5.41, 5.74) is 1.56. The summed E-state index contributed by atoms with van der Waals surface area (Å²) < 4.78 is 8.21. The van der Waals surface area contributed by atoms with E-state index >= 15 is 0 Å². The van der Waals surface area contributed by atoms with Crippen molar-refractivity contribution >= 4 is 27.0 Å². The van der Waals surface area contributed by atoms with E-state index in [0.717, 1.165) is 15.5 Å². The van der Waals surface area contributed by atoms with E-state index in [1.54, 1.807) is 0 Å². The van der Waals surface area contributed by atoms with Crippen LogP contribution in [0.1, 0.15) is 1.37 Å². The Morgan fingerprint density at radius 3 is 3.09 bits per heavy atom. The summed E-state index contributed by atoms with van der Waals surface area (Å²) in [7, 11) is 0. The van der Waals surface area contributed by atoms with Gasteiger partial charge in [-0.15, -0.1) is 0 Å². The predicted octanol–water partition coefficient (Wildman–Crippen LogP) is 2.39. The highest BCUT2D eigenvalue weighted by Gasteiger charge is 1.93. The summed E-state index contributed by atoms with van der Waals surface area (Å²) >= 11 is 3.33. The first-order valence-electron chi connectivity index (χ1n) is 3.64. The highest BCUT2D eigenvalue weighted by atomic mass is 79.9. The number of fused-ring (bicyclic) bond motifs is 1. The van der Waals surface area contributed by atoms with Crippen molar-refractivity contribution in [1.29, 1.82) is 0 Å². The Balaban J connectivity index is 2.80. The van der Waals surface area contributed by atoms with Crippen molar-refractivity contribution in [2.45, 2.75) is 0 Å². The molecule has 0 fully saturated rings. The summed E-state index contributed by atoms with van der Waals surface area (Å²) in [5, 5.41) is 0. The second-order valence-corrected chi connectivity index (χ2v) is 3.05. The molecule has 0 aliphatic heterocycles. The summed E-state index contributed by atoms with van der Waals surface area (Å²) in [5.74, 6) is 0. The largest absolute Gasteiger partial charge is 0.253 e. The maximum Gasteiger partial charge on any atom is 0.0898 e. The molecule has 0 radical (unpaired) electrons. The van der Waals surface area contributed by atoms with Gasteiger partial charge in [-0.05, 0) is 18.2 Å². The fourth-order valence-corrected chi connectivity index (χ4v) is 1.24. The van der Waals surface area contributed by atoms with Crippen LogP contribution in [0.2, 0.25) is 0 Å². The van der Waals surface area contributed by atoms with Crippen molar-refractivity contribution in [2.24, 2.45) is 0 Å². The molecule has 0 saturated carbocycles. The van der Waals surface area contributed by atoms with Gasteiger partial charge in [-0.1, -0.05) is 15.9 Å². The minimum atomic E-state index is 0.195. The van der Waals surface area contributed by atoms with Crippen LogP contribution in [0.4, 0.5) is 0 Å². The topological polar surface area (TPSA) is 25.8 Å². The summed E-state index contributed by atoms with van der Waals surface area (Å²) in [4.78, 5) is 8.06. The van der Waals surface area contributed by atoms with Crippen LogP contribution in [0.25, 0.3) is 11.0 Å². The van der Waals surface area contributed by atoms with Gasteiger partial charge >= 0.3 is 0 Å². The van der Waals surface area contributed by atoms with Gasteiger partial charge in [-0.25, -0.2) is 0 Å². The third-order valence-corrected chi connectivity index (χ3v) is 1.88. The van der Waals surface area contributed by atoms with E-state index in [4.69, 9.17) is 1.37 Å². The molecule has 3 heteroatoms. The fourth-order valence-electron chi connectivity index (χ4n) is 0.892. The maximum absolute atomic E-state index is 7.26. The molecular weight excluding hydrogens is 204 g/mol. The molecule has 2 rings (SSSR count). The van der Waals surface area contributed by atoms with Crippen LogP contribution >= 0.6 is 15.9 Å². The lowest BCUT2D eigenvalue weighted by molar-refractivity contribution is 1.29. The molecular formula is C8H5BrN2. The second kappa shape index (κ2) is 2.58. The van der Waals surface area contributed by atoms with E-state index in [1.807, 2.05) is 18.2 Å². The molecule has 54 valence electrons. The van der Waals surface area contributed by atoms with Crippen molar-refractivity contribution in [1.82, 2.24) is 9.97 Å². The van der Waals surface area contributed by atoms with Crippen LogP contribution in [0.5, 0.6) is 0 Å². The lowest BCUT2D eigenvalue weighted by atomic mass is 10.3.